The van der Waals surface area contributed by atoms with Crippen LogP contribution in [0.15, 0.2) is 40.5 Å². The van der Waals surface area contributed by atoms with E-state index in [1.807, 2.05) is 49.6 Å². The summed E-state index contributed by atoms with van der Waals surface area (Å²) in [7, 11) is 0. The number of H-pyrrole nitrogens is 1. The molecule has 3 aromatic rings. The first kappa shape index (κ1) is 14.5. The van der Waals surface area contributed by atoms with Crippen LogP contribution in [0.3, 0.4) is 0 Å². The van der Waals surface area contributed by atoms with Crippen LogP contribution >= 0.6 is 11.3 Å². The van der Waals surface area contributed by atoms with Crippen LogP contribution in [0.4, 0.5) is 11.6 Å². The quantitative estimate of drug-likeness (QED) is 0.776. The Bertz CT molecular complexity index is 840. The monoisotopic (exact) mass is 312 g/mol. The molecule has 0 atom stereocenters. The Kier molecular flexibility index (Phi) is 4.02. The van der Waals surface area contributed by atoms with Crippen LogP contribution in [0.25, 0.3) is 0 Å². The third-order valence-electron chi connectivity index (χ3n) is 3.33. The molecule has 0 saturated carbocycles. The summed E-state index contributed by atoms with van der Waals surface area (Å²) >= 11 is 1.60. The van der Waals surface area contributed by atoms with Gasteiger partial charge in [-0.25, -0.2) is 0 Å². The molecule has 0 radical (unpaired) electrons. The normalized spacial score (nSPS) is 10.6. The number of nitrogens with zero attached hydrogens (tertiary/aromatic N) is 2. The lowest BCUT2D eigenvalue weighted by Crippen LogP contribution is -2.18. The van der Waals surface area contributed by atoms with Crippen LogP contribution in [0, 0.1) is 13.8 Å². The van der Waals surface area contributed by atoms with Crippen LogP contribution in [0.5, 0.6) is 0 Å². The van der Waals surface area contributed by atoms with Crippen molar-refractivity contribution in [3.63, 3.8) is 0 Å². The molecular weight excluding hydrogens is 296 g/mol. The van der Waals surface area contributed by atoms with Crippen LogP contribution in [0.1, 0.15) is 21.7 Å². The van der Waals surface area contributed by atoms with E-state index in [9.17, 15) is 4.79 Å². The second-order valence-corrected chi connectivity index (χ2v) is 6.18. The summed E-state index contributed by atoms with van der Waals surface area (Å²) in [4.78, 5) is 16.0. The van der Waals surface area contributed by atoms with E-state index in [1.54, 1.807) is 11.3 Å². The zero-order valence-electron chi connectivity index (χ0n) is 12.4. The number of aromatic nitrogens is 3. The number of hydrogen-bond acceptors (Lipinski definition) is 5. The fraction of sp³-hybridized carbons (Fsp3) is 0.188. The second kappa shape index (κ2) is 6.11. The van der Waals surface area contributed by atoms with Gasteiger partial charge in [0.15, 0.2) is 0 Å². The largest absolute Gasteiger partial charge is 0.324 e. The molecule has 1 aromatic carbocycles. The van der Waals surface area contributed by atoms with Crippen molar-refractivity contribution in [3.8, 4) is 0 Å². The van der Waals surface area contributed by atoms with Crippen molar-refractivity contribution in [3.05, 3.63) is 67.8 Å². The summed E-state index contributed by atoms with van der Waals surface area (Å²) in [5.74, 6) is 0.355. The van der Waals surface area contributed by atoms with Crippen molar-refractivity contribution < 1.29 is 0 Å². The fourth-order valence-corrected chi connectivity index (χ4v) is 2.82. The van der Waals surface area contributed by atoms with Crippen LogP contribution in [0.2, 0.25) is 0 Å². The number of benzene rings is 1. The first-order valence-electron chi connectivity index (χ1n) is 6.94. The summed E-state index contributed by atoms with van der Waals surface area (Å²) in [6, 6.07) is 10.0. The number of aromatic amines is 1. The molecular formula is C16H16N4OS. The van der Waals surface area contributed by atoms with E-state index >= 15 is 0 Å². The van der Waals surface area contributed by atoms with Gasteiger partial charge in [0, 0.05) is 17.0 Å². The lowest BCUT2D eigenvalue weighted by atomic mass is 10.1. The van der Waals surface area contributed by atoms with E-state index in [1.165, 1.54) is 0 Å². The molecule has 3 rings (SSSR count). The Balaban J connectivity index is 1.83. The standard InChI is InChI=1S/C16H16N4OS/c1-10-5-6-11(2)13(8-10)17-16-18-15(21)14(19-20-16)9-12-4-3-7-22-12/h3-8H,9H2,1-2H3,(H2,17,18,20,21). The van der Waals surface area contributed by atoms with E-state index in [0.29, 0.717) is 18.1 Å². The van der Waals surface area contributed by atoms with Gasteiger partial charge in [-0.3, -0.25) is 9.78 Å². The van der Waals surface area contributed by atoms with E-state index in [0.717, 1.165) is 21.7 Å². The third-order valence-corrected chi connectivity index (χ3v) is 4.21. The van der Waals surface area contributed by atoms with Crippen molar-refractivity contribution in [2.45, 2.75) is 20.3 Å². The van der Waals surface area contributed by atoms with Crippen LogP contribution in [-0.4, -0.2) is 15.2 Å². The molecule has 2 aromatic heterocycles. The van der Waals surface area contributed by atoms with Gasteiger partial charge in [-0.15, -0.1) is 21.5 Å². The first-order valence-corrected chi connectivity index (χ1v) is 7.82. The average molecular weight is 312 g/mol. The first-order chi connectivity index (χ1) is 10.6. The summed E-state index contributed by atoms with van der Waals surface area (Å²) < 4.78 is 0. The van der Waals surface area contributed by atoms with Crippen molar-refractivity contribution in [1.29, 1.82) is 0 Å². The maximum atomic E-state index is 12.1. The van der Waals surface area contributed by atoms with Gasteiger partial charge in [0.25, 0.3) is 5.56 Å². The number of thiophene rings is 1. The Hall–Kier alpha value is -2.47. The molecule has 0 aliphatic carbocycles. The third kappa shape index (κ3) is 3.23. The summed E-state index contributed by atoms with van der Waals surface area (Å²) in [5, 5.41) is 13.2. The number of rotatable bonds is 4. The predicted octanol–water partition coefficient (Wildman–Crippen LogP) is 3.18. The topological polar surface area (TPSA) is 70.7 Å². The summed E-state index contributed by atoms with van der Waals surface area (Å²) in [5.41, 5.74) is 3.34. The Morgan fingerprint density at radius 1 is 1.23 bits per heavy atom. The molecule has 0 aliphatic heterocycles. The van der Waals surface area contributed by atoms with Crippen LogP contribution in [-0.2, 0) is 6.42 Å². The average Bonchev–Trinajstić information content (AvgIpc) is 2.99. The van der Waals surface area contributed by atoms with E-state index in [2.05, 4.69) is 20.5 Å². The number of hydrogen-bond donors (Lipinski definition) is 2. The molecule has 0 bridgehead atoms. The molecule has 2 N–H and O–H groups in total. The summed E-state index contributed by atoms with van der Waals surface area (Å²) in [6.45, 7) is 4.02. The minimum absolute atomic E-state index is 0.212. The number of anilines is 2. The minimum atomic E-state index is -0.212. The van der Waals surface area contributed by atoms with Gasteiger partial charge in [0.05, 0.1) is 0 Å². The van der Waals surface area contributed by atoms with Gasteiger partial charge in [-0.05, 0) is 42.5 Å². The lowest BCUT2D eigenvalue weighted by molar-refractivity contribution is 0.878. The molecule has 0 fully saturated rings. The summed E-state index contributed by atoms with van der Waals surface area (Å²) in [6.07, 6.45) is 0.504. The molecule has 22 heavy (non-hydrogen) atoms. The smallest absolute Gasteiger partial charge is 0.274 e. The highest BCUT2D eigenvalue weighted by Gasteiger charge is 2.08. The highest BCUT2D eigenvalue weighted by molar-refractivity contribution is 7.09. The van der Waals surface area contributed by atoms with Crippen molar-refractivity contribution in [2.75, 3.05) is 5.32 Å². The van der Waals surface area contributed by atoms with Gasteiger partial charge in [-0.1, -0.05) is 18.2 Å². The number of aryl methyl sites for hydroxylation is 2. The zero-order chi connectivity index (χ0) is 15.5. The van der Waals surface area contributed by atoms with Gasteiger partial charge >= 0.3 is 0 Å². The molecule has 0 unspecified atom stereocenters. The zero-order valence-corrected chi connectivity index (χ0v) is 13.2. The van der Waals surface area contributed by atoms with Crippen molar-refractivity contribution in [1.82, 2.24) is 15.2 Å². The van der Waals surface area contributed by atoms with Crippen molar-refractivity contribution in [2.24, 2.45) is 0 Å². The van der Waals surface area contributed by atoms with Crippen molar-refractivity contribution >= 4 is 23.0 Å². The minimum Gasteiger partial charge on any atom is -0.324 e. The van der Waals surface area contributed by atoms with Gasteiger partial charge in [0.2, 0.25) is 5.95 Å². The molecule has 6 heteroatoms. The number of nitrogens with one attached hydrogen (secondary N) is 2. The molecule has 0 saturated heterocycles. The molecule has 112 valence electrons. The fourth-order valence-electron chi connectivity index (χ4n) is 2.11. The van der Waals surface area contributed by atoms with E-state index < -0.39 is 0 Å². The molecule has 2 heterocycles. The molecule has 0 spiro atoms. The van der Waals surface area contributed by atoms with E-state index in [4.69, 9.17) is 0 Å². The second-order valence-electron chi connectivity index (χ2n) is 5.15. The Labute approximate surface area is 132 Å². The van der Waals surface area contributed by atoms with Gasteiger partial charge in [0.1, 0.15) is 5.69 Å². The Morgan fingerprint density at radius 3 is 2.82 bits per heavy atom. The molecule has 0 aliphatic rings. The van der Waals surface area contributed by atoms with E-state index in [-0.39, 0.29) is 5.56 Å². The highest BCUT2D eigenvalue weighted by atomic mass is 32.1. The van der Waals surface area contributed by atoms with Gasteiger partial charge in [-0.2, -0.15) is 0 Å². The SMILES string of the molecule is Cc1ccc(C)c(Nc2nnc(Cc3cccs3)c(=O)[nH]2)c1. The molecule has 0 amide bonds. The molecule has 5 nitrogen and oxygen atoms in total. The highest BCUT2D eigenvalue weighted by Crippen LogP contribution is 2.19. The Morgan fingerprint density at radius 2 is 2.09 bits per heavy atom. The maximum absolute atomic E-state index is 12.1. The van der Waals surface area contributed by atoms with Gasteiger partial charge < -0.3 is 5.32 Å². The lowest BCUT2D eigenvalue weighted by Gasteiger charge is -2.09. The predicted molar refractivity (Wildman–Crippen MR) is 89.0 cm³/mol. The van der Waals surface area contributed by atoms with Crippen LogP contribution < -0.4 is 10.9 Å². The maximum Gasteiger partial charge on any atom is 0.274 e.